The Kier molecular flexibility index (Phi) is 23.9. The van der Waals surface area contributed by atoms with Crippen LogP contribution in [0.25, 0.3) is 0 Å². The lowest BCUT2D eigenvalue weighted by molar-refractivity contribution is -0.742. The largest absolute Gasteiger partial charge is 0.330 e. The third-order valence-electron chi connectivity index (χ3n) is 3.81. The molecule has 0 unspecified atom stereocenters. The highest BCUT2D eigenvalue weighted by Crippen LogP contribution is 2.13. The van der Waals surface area contributed by atoms with Crippen molar-refractivity contribution in [1.29, 1.82) is 0 Å². The summed E-state index contributed by atoms with van der Waals surface area (Å²) in [7, 11) is 0. The van der Waals surface area contributed by atoms with Gasteiger partial charge in [0.1, 0.15) is 0 Å². The molecule has 0 aliphatic rings. The Labute approximate surface area is 136 Å². The van der Waals surface area contributed by atoms with E-state index in [2.05, 4.69) is 6.92 Å². The molecule has 0 fully saturated rings. The first-order valence-electron chi connectivity index (χ1n) is 9.18. The molecular weight excluding hydrogens is 280 g/mol. The fraction of sp³-hybridized carbons (Fsp3) is 1.00. The van der Waals surface area contributed by atoms with Crippen LogP contribution in [0.5, 0.6) is 0 Å². The Bertz CT molecular complexity index is 194. The van der Waals surface area contributed by atoms with E-state index in [0.717, 1.165) is 6.54 Å². The van der Waals surface area contributed by atoms with Gasteiger partial charge in [-0.15, -0.1) is 10.1 Å². The smallest absolute Gasteiger partial charge is 0.291 e. The molecule has 0 heterocycles. The van der Waals surface area contributed by atoms with Crippen molar-refractivity contribution < 1.29 is 10.3 Å². The minimum absolute atomic E-state index is 0.873. The van der Waals surface area contributed by atoms with E-state index in [4.69, 9.17) is 21.1 Å². The molecule has 134 valence electrons. The van der Waals surface area contributed by atoms with E-state index in [1.54, 1.807) is 0 Å². The summed E-state index contributed by atoms with van der Waals surface area (Å²) in [6.07, 6.45) is 21.4. The second-order valence-corrected chi connectivity index (χ2v) is 5.98. The molecule has 0 aliphatic carbocycles. The molecule has 0 aromatic carbocycles. The van der Waals surface area contributed by atoms with Gasteiger partial charge in [-0.05, 0) is 13.0 Å². The van der Waals surface area contributed by atoms with Gasteiger partial charge in [0.2, 0.25) is 0 Å². The van der Waals surface area contributed by atoms with Gasteiger partial charge in [0.05, 0.1) is 0 Å². The molecule has 0 aliphatic heterocycles. The van der Waals surface area contributed by atoms with Crippen LogP contribution in [0.4, 0.5) is 0 Å². The Morgan fingerprint density at radius 1 is 0.727 bits per heavy atom. The van der Waals surface area contributed by atoms with Gasteiger partial charge in [-0.2, -0.15) is 0 Å². The standard InChI is InChI=1S/C17H37N.HNO3/c1-2-3-4-5-6-7-8-9-10-11-12-13-14-15-16-17-18;2-1(3)4/h2-18H2,1H3;(H,2,3,4). The van der Waals surface area contributed by atoms with Crippen molar-refractivity contribution in [2.75, 3.05) is 6.54 Å². The van der Waals surface area contributed by atoms with E-state index in [9.17, 15) is 0 Å². The molecule has 0 saturated carbocycles. The fourth-order valence-corrected chi connectivity index (χ4v) is 2.52. The van der Waals surface area contributed by atoms with Gasteiger partial charge in [-0.1, -0.05) is 96.8 Å². The summed E-state index contributed by atoms with van der Waals surface area (Å²) in [4.78, 5) is 8.36. The first-order valence-corrected chi connectivity index (χ1v) is 9.18. The Balaban J connectivity index is 0. The zero-order valence-corrected chi connectivity index (χ0v) is 14.6. The number of unbranched alkanes of at least 4 members (excludes halogenated alkanes) is 14. The molecule has 0 saturated heterocycles. The molecule has 0 radical (unpaired) electrons. The van der Waals surface area contributed by atoms with E-state index >= 15 is 0 Å². The highest BCUT2D eigenvalue weighted by Gasteiger charge is 1.93. The van der Waals surface area contributed by atoms with Crippen LogP contribution in [0, 0.1) is 10.1 Å². The van der Waals surface area contributed by atoms with E-state index in [0.29, 0.717) is 0 Å². The predicted molar refractivity (Wildman–Crippen MR) is 92.8 cm³/mol. The third kappa shape index (κ3) is 31.5. The van der Waals surface area contributed by atoms with Crippen molar-refractivity contribution in [3.63, 3.8) is 0 Å². The van der Waals surface area contributed by atoms with E-state index in [1.165, 1.54) is 96.3 Å². The van der Waals surface area contributed by atoms with Crippen molar-refractivity contribution in [1.82, 2.24) is 0 Å². The maximum atomic E-state index is 8.36. The molecule has 0 bridgehead atoms. The summed E-state index contributed by atoms with van der Waals surface area (Å²) in [6.45, 7) is 3.16. The number of hydrogen-bond donors (Lipinski definition) is 2. The van der Waals surface area contributed by atoms with E-state index in [-0.39, 0.29) is 0 Å². The maximum absolute atomic E-state index is 8.36. The summed E-state index contributed by atoms with van der Waals surface area (Å²) in [5, 5.41) is 13.6. The van der Waals surface area contributed by atoms with Crippen LogP contribution in [0.3, 0.4) is 0 Å². The van der Waals surface area contributed by atoms with Gasteiger partial charge in [0.25, 0.3) is 5.09 Å². The second-order valence-electron chi connectivity index (χ2n) is 5.98. The molecule has 0 amide bonds. The average molecular weight is 319 g/mol. The summed E-state index contributed by atoms with van der Waals surface area (Å²) < 4.78 is 0. The molecular formula is C17H38N2O3. The van der Waals surface area contributed by atoms with Crippen LogP contribution in [0.15, 0.2) is 0 Å². The Morgan fingerprint density at radius 3 is 1.18 bits per heavy atom. The zero-order valence-electron chi connectivity index (χ0n) is 14.6. The van der Waals surface area contributed by atoms with Crippen LogP contribution >= 0.6 is 0 Å². The van der Waals surface area contributed by atoms with Gasteiger partial charge in [-0.3, -0.25) is 0 Å². The quantitative estimate of drug-likeness (QED) is 0.238. The summed E-state index contributed by atoms with van der Waals surface area (Å²) in [6, 6.07) is 0. The Hall–Kier alpha value is -0.840. The highest BCUT2D eigenvalue weighted by molar-refractivity contribution is 4.49. The second kappa shape index (κ2) is 22.4. The maximum Gasteiger partial charge on any atom is 0.291 e. The van der Waals surface area contributed by atoms with Gasteiger partial charge >= 0.3 is 0 Å². The normalized spacial score (nSPS) is 10.1. The summed E-state index contributed by atoms with van der Waals surface area (Å²) in [5.41, 5.74) is 5.48. The number of nitrogens with two attached hydrogens (primary N) is 1. The average Bonchev–Trinajstić information content (AvgIpc) is 2.47. The molecule has 3 N–H and O–H groups in total. The monoisotopic (exact) mass is 318 g/mol. The van der Waals surface area contributed by atoms with Crippen molar-refractivity contribution in [3.05, 3.63) is 10.1 Å². The van der Waals surface area contributed by atoms with Gasteiger partial charge in [0, 0.05) is 0 Å². The topological polar surface area (TPSA) is 89.4 Å². The van der Waals surface area contributed by atoms with Gasteiger partial charge in [-0.25, -0.2) is 0 Å². The summed E-state index contributed by atoms with van der Waals surface area (Å²) >= 11 is 0. The van der Waals surface area contributed by atoms with Crippen molar-refractivity contribution in [2.24, 2.45) is 5.73 Å². The van der Waals surface area contributed by atoms with Crippen molar-refractivity contribution in [3.8, 4) is 0 Å². The van der Waals surface area contributed by atoms with Crippen molar-refractivity contribution >= 4 is 0 Å². The number of rotatable bonds is 15. The Morgan fingerprint density at radius 2 is 0.955 bits per heavy atom. The molecule has 0 aromatic rings. The molecule has 0 atom stereocenters. The zero-order chi connectivity index (χ0) is 16.9. The fourth-order valence-electron chi connectivity index (χ4n) is 2.52. The summed E-state index contributed by atoms with van der Waals surface area (Å²) in [5.74, 6) is 0. The van der Waals surface area contributed by atoms with Crippen LogP contribution in [0.1, 0.15) is 103 Å². The molecule has 22 heavy (non-hydrogen) atoms. The minimum atomic E-state index is -1.50. The minimum Gasteiger partial charge on any atom is -0.330 e. The van der Waals surface area contributed by atoms with Crippen LogP contribution in [-0.4, -0.2) is 16.8 Å². The third-order valence-corrected chi connectivity index (χ3v) is 3.81. The first kappa shape index (κ1) is 23.4. The molecule has 0 rings (SSSR count). The van der Waals surface area contributed by atoms with Crippen LogP contribution < -0.4 is 5.73 Å². The lowest BCUT2D eigenvalue weighted by Crippen LogP contribution is -1.97. The SMILES string of the molecule is CCCCCCCCCCCCCCCCCN.O=[N+]([O-])O. The number of nitrogens with zero attached hydrogens (tertiary/aromatic N) is 1. The molecule has 5 nitrogen and oxygen atoms in total. The van der Waals surface area contributed by atoms with Crippen LogP contribution in [-0.2, 0) is 0 Å². The molecule has 0 aromatic heterocycles. The van der Waals surface area contributed by atoms with E-state index in [1.807, 2.05) is 0 Å². The highest BCUT2D eigenvalue weighted by atomic mass is 16.9. The van der Waals surface area contributed by atoms with Gasteiger partial charge < -0.3 is 10.9 Å². The van der Waals surface area contributed by atoms with E-state index < -0.39 is 5.09 Å². The lowest BCUT2D eigenvalue weighted by atomic mass is 10.0. The van der Waals surface area contributed by atoms with Crippen molar-refractivity contribution in [2.45, 2.75) is 103 Å². The number of hydrogen-bond acceptors (Lipinski definition) is 3. The lowest BCUT2D eigenvalue weighted by Gasteiger charge is -2.03. The predicted octanol–water partition coefficient (Wildman–Crippen LogP) is 5.47. The van der Waals surface area contributed by atoms with Crippen LogP contribution in [0.2, 0.25) is 0 Å². The molecule has 0 spiro atoms. The van der Waals surface area contributed by atoms with Gasteiger partial charge in [0.15, 0.2) is 0 Å². The first-order chi connectivity index (χ1) is 10.6. The molecule has 5 heteroatoms.